The summed E-state index contributed by atoms with van der Waals surface area (Å²) in [5.41, 5.74) is 0.449. The van der Waals surface area contributed by atoms with Gasteiger partial charge in [-0.25, -0.2) is 9.59 Å². The van der Waals surface area contributed by atoms with Gasteiger partial charge in [-0.05, 0) is 61.5 Å². The van der Waals surface area contributed by atoms with E-state index in [0.717, 1.165) is 12.1 Å². The third-order valence-corrected chi connectivity index (χ3v) is 7.22. The number of nitrogens with zero attached hydrogens (tertiary/aromatic N) is 2. The third-order valence-electron chi connectivity index (χ3n) is 7.22. The molecule has 5 amide bonds. The fourth-order valence-electron chi connectivity index (χ4n) is 4.65. The summed E-state index contributed by atoms with van der Waals surface area (Å²) in [6.07, 6.45) is -5.10. The fraction of sp³-hybridized carbons (Fsp3) is 0.323. The first kappa shape index (κ1) is 32.1. The van der Waals surface area contributed by atoms with E-state index in [-0.39, 0.29) is 42.6 Å². The molecule has 1 aliphatic rings. The van der Waals surface area contributed by atoms with Crippen LogP contribution in [-0.4, -0.2) is 71.8 Å². The molecule has 0 saturated heterocycles. The van der Waals surface area contributed by atoms with E-state index in [4.69, 9.17) is 4.74 Å². The number of fused-ring (bicyclic) bond motifs is 1. The molecule has 0 radical (unpaired) electrons. The molecule has 3 atom stereocenters. The Morgan fingerprint density at radius 2 is 1.61 bits per heavy atom. The maximum absolute atomic E-state index is 13.7. The van der Waals surface area contributed by atoms with E-state index in [9.17, 15) is 32.7 Å². The quantitative estimate of drug-likeness (QED) is 0.271. The van der Waals surface area contributed by atoms with Crippen LogP contribution in [0.25, 0.3) is 0 Å². The predicted molar refractivity (Wildman–Crippen MR) is 160 cm³/mol. The number of aliphatic hydroxyl groups excluding tert-OH is 1. The summed E-state index contributed by atoms with van der Waals surface area (Å²) in [6.45, 7) is 3.55. The van der Waals surface area contributed by atoms with E-state index < -0.39 is 41.9 Å². The molecule has 4 N–H and O–H groups in total. The van der Waals surface area contributed by atoms with Gasteiger partial charge in [-0.1, -0.05) is 25.1 Å². The van der Waals surface area contributed by atoms with Crippen LogP contribution in [0.15, 0.2) is 72.8 Å². The van der Waals surface area contributed by atoms with Crippen molar-refractivity contribution in [3.05, 3.63) is 83.9 Å². The van der Waals surface area contributed by atoms with Crippen LogP contribution < -0.4 is 20.7 Å². The van der Waals surface area contributed by atoms with E-state index in [2.05, 4.69) is 16.0 Å². The number of aliphatic hydroxyl groups is 1. The minimum atomic E-state index is -4.49. The van der Waals surface area contributed by atoms with Crippen molar-refractivity contribution in [3.63, 3.8) is 0 Å². The van der Waals surface area contributed by atoms with Gasteiger partial charge in [0.25, 0.3) is 5.91 Å². The summed E-state index contributed by atoms with van der Waals surface area (Å²) in [6, 6.07) is 16.0. The van der Waals surface area contributed by atoms with Crippen molar-refractivity contribution in [1.29, 1.82) is 0 Å². The SMILES string of the molecule is C[C@@H]1CN([C@@H](C)CO)C(=O)c2cc(NC(=O)Nc3ccccc3)ccc2O[C@@H]1CN(C)C(=O)Nc1ccc(C(F)(F)F)cc1. The van der Waals surface area contributed by atoms with Crippen molar-refractivity contribution in [2.24, 2.45) is 5.92 Å². The number of carbonyl (C=O) groups is 3. The lowest BCUT2D eigenvalue weighted by Crippen LogP contribution is -2.50. The van der Waals surface area contributed by atoms with E-state index in [0.29, 0.717) is 11.4 Å². The van der Waals surface area contributed by atoms with Crippen molar-refractivity contribution in [1.82, 2.24) is 9.80 Å². The van der Waals surface area contributed by atoms with Crippen molar-refractivity contribution < 1.29 is 37.4 Å². The molecule has 10 nitrogen and oxygen atoms in total. The van der Waals surface area contributed by atoms with Crippen molar-refractivity contribution in [2.45, 2.75) is 32.2 Å². The molecule has 1 heterocycles. The average Bonchev–Trinajstić information content (AvgIpc) is 2.99. The Bertz CT molecular complexity index is 1470. The molecule has 44 heavy (non-hydrogen) atoms. The summed E-state index contributed by atoms with van der Waals surface area (Å²) in [7, 11) is 1.52. The number of anilines is 3. The van der Waals surface area contributed by atoms with Crippen LogP contribution in [0.1, 0.15) is 29.8 Å². The summed E-state index contributed by atoms with van der Waals surface area (Å²) < 4.78 is 44.9. The van der Waals surface area contributed by atoms with Gasteiger partial charge in [0.15, 0.2) is 0 Å². The van der Waals surface area contributed by atoms with Gasteiger partial charge in [0.2, 0.25) is 0 Å². The second-order valence-electron chi connectivity index (χ2n) is 10.7. The van der Waals surface area contributed by atoms with Crippen LogP contribution in [-0.2, 0) is 6.18 Å². The van der Waals surface area contributed by atoms with Crippen LogP contribution in [0, 0.1) is 5.92 Å². The van der Waals surface area contributed by atoms with Crippen LogP contribution >= 0.6 is 0 Å². The number of likely N-dealkylation sites (N-methyl/N-ethyl adjacent to an activating group) is 1. The Hall–Kier alpha value is -4.78. The summed E-state index contributed by atoms with van der Waals surface area (Å²) in [4.78, 5) is 42.0. The van der Waals surface area contributed by atoms with Crippen LogP contribution in [0.3, 0.4) is 0 Å². The molecule has 0 aromatic heterocycles. The Labute approximate surface area is 252 Å². The maximum atomic E-state index is 13.7. The second-order valence-corrected chi connectivity index (χ2v) is 10.7. The Morgan fingerprint density at radius 1 is 1.00 bits per heavy atom. The van der Waals surface area contributed by atoms with Crippen molar-refractivity contribution >= 4 is 35.0 Å². The van der Waals surface area contributed by atoms with Gasteiger partial charge in [0.1, 0.15) is 11.9 Å². The van der Waals surface area contributed by atoms with Crippen molar-refractivity contribution in [3.8, 4) is 5.75 Å². The number of hydrogen-bond donors (Lipinski definition) is 4. The molecule has 0 bridgehead atoms. The number of para-hydroxylation sites is 1. The smallest absolute Gasteiger partial charge is 0.416 e. The van der Waals surface area contributed by atoms with Crippen molar-refractivity contribution in [2.75, 3.05) is 42.7 Å². The van der Waals surface area contributed by atoms with Crippen LogP contribution in [0.4, 0.5) is 39.8 Å². The molecule has 0 spiro atoms. The number of carbonyl (C=O) groups excluding carboxylic acids is 3. The van der Waals surface area contributed by atoms with Gasteiger partial charge in [0, 0.05) is 36.6 Å². The molecule has 234 valence electrons. The standard InChI is InChI=1S/C31H34F3N5O5/c1-19-16-39(20(2)18-40)28(41)25-15-24(36-29(42)35-22-7-5-4-6-8-22)13-14-26(25)44-27(19)17-38(3)30(43)37-23-11-9-21(10-12-23)31(32,33)34/h4-15,19-20,27,40H,16-18H2,1-3H3,(H,37,43)(H2,35,36,42)/t19-,20+,27-/m1/s1. The van der Waals surface area contributed by atoms with Crippen LogP contribution in [0.5, 0.6) is 5.75 Å². The number of alkyl halides is 3. The number of halogens is 3. The lowest BCUT2D eigenvalue weighted by molar-refractivity contribution is -0.137. The molecule has 0 saturated carbocycles. The molecular formula is C31H34F3N5O5. The topological polar surface area (TPSA) is 123 Å². The van der Waals surface area contributed by atoms with E-state index in [1.54, 1.807) is 43.3 Å². The van der Waals surface area contributed by atoms with E-state index in [1.807, 2.05) is 13.0 Å². The fourth-order valence-corrected chi connectivity index (χ4v) is 4.65. The number of rotatable bonds is 7. The second kappa shape index (κ2) is 13.7. The number of hydrogen-bond acceptors (Lipinski definition) is 5. The zero-order valence-electron chi connectivity index (χ0n) is 24.4. The molecule has 0 fully saturated rings. The minimum absolute atomic E-state index is 0.0715. The van der Waals surface area contributed by atoms with E-state index in [1.165, 1.54) is 35.0 Å². The minimum Gasteiger partial charge on any atom is -0.487 e. The normalized spacial score (nSPS) is 17.3. The number of amides is 5. The Kier molecular flexibility index (Phi) is 9.99. The molecule has 3 aromatic rings. The molecule has 3 aromatic carbocycles. The van der Waals surface area contributed by atoms with Gasteiger partial charge in [-0.2, -0.15) is 13.2 Å². The molecular weight excluding hydrogens is 579 g/mol. The monoisotopic (exact) mass is 613 g/mol. The number of urea groups is 2. The number of nitrogens with one attached hydrogen (secondary N) is 3. The predicted octanol–water partition coefficient (Wildman–Crippen LogP) is 5.73. The first-order valence-corrected chi connectivity index (χ1v) is 13.9. The number of benzene rings is 3. The zero-order chi connectivity index (χ0) is 32.0. The summed E-state index contributed by atoms with van der Waals surface area (Å²) >= 11 is 0. The highest BCUT2D eigenvalue weighted by Crippen LogP contribution is 2.32. The molecule has 0 unspecified atom stereocenters. The van der Waals surface area contributed by atoms with Gasteiger partial charge >= 0.3 is 18.2 Å². The summed E-state index contributed by atoms with van der Waals surface area (Å²) in [5.74, 6) is -0.462. The van der Waals surface area contributed by atoms with E-state index >= 15 is 0 Å². The molecule has 4 rings (SSSR count). The molecule has 1 aliphatic heterocycles. The average molecular weight is 614 g/mol. The lowest BCUT2D eigenvalue weighted by atomic mass is 9.99. The highest BCUT2D eigenvalue weighted by Gasteiger charge is 2.34. The molecule has 13 heteroatoms. The van der Waals surface area contributed by atoms with Gasteiger partial charge in [-0.15, -0.1) is 0 Å². The van der Waals surface area contributed by atoms with Gasteiger partial charge in [-0.3, -0.25) is 4.79 Å². The first-order valence-electron chi connectivity index (χ1n) is 13.9. The largest absolute Gasteiger partial charge is 0.487 e. The highest BCUT2D eigenvalue weighted by atomic mass is 19.4. The zero-order valence-corrected chi connectivity index (χ0v) is 24.4. The Morgan fingerprint density at radius 3 is 2.25 bits per heavy atom. The number of ether oxygens (including phenoxy) is 1. The molecule has 0 aliphatic carbocycles. The maximum Gasteiger partial charge on any atom is 0.416 e. The third kappa shape index (κ3) is 7.98. The Balaban J connectivity index is 1.52. The van der Waals surface area contributed by atoms with Crippen LogP contribution in [0.2, 0.25) is 0 Å². The lowest BCUT2D eigenvalue weighted by Gasteiger charge is -2.38. The van der Waals surface area contributed by atoms with Gasteiger partial charge < -0.3 is 35.6 Å². The first-order chi connectivity index (χ1) is 20.8. The highest BCUT2D eigenvalue weighted by molar-refractivity contribution is 6.02. The van der Waals surface area contributed by atoms with Gasteiger partial charge in [0.05, 0.1) is 30.3 Å². The summed E-state index contributed by atoms with van der Waals surface area (Å²) in [5, 5.41) is 17.9.